The molecule has 0 radical (unpaired) electrons. The standard InChI is InChI=1S/C15H14O3.2C3H4O2/c1-15(2,9-3-5-10(16)6-4-9)11-7-8-12(17)14-13(11)18-14;2*1-2-3(4)5/h3-8,16-17H,1-2H3;2*2H,1H2,(H,4,5). The van der Waals surface area contributed by atoms with Crippen LogP contribution in [0.3, 0.4) is 0 Å². The molecule has 0 amide bonds. The lowest BCUT2D eigenvalue weighted by atomic mass is 9.78. The Kier molecular flexibility index (Phi) is 7.38. The fraction of sp³-hybridized carbons (Fsp3) is 0.143. The van der Waals surface area contributed by atoms with E-state index in [2.05, 4.69) is 27.0 Å². The molecule has 0 bridgehead atoms. The van der Waals surface area contributed by atoms with E-state index in [0.717, 1.165) is 29.0 Å². The van der Waals surface area contributed by atoms with Gasteiger partial charge in [0.25, 0.3) is 0 Å². The van der Waals surface area contributed by atoms with E-state index in [-0.39, 0.29) is 16.9 Å². The second-order valence-electron chi connectivity index (χ2n) is 6.15. The van der Waals surface area contributed by atoms with Gasteiger partial charge in [-0.1, -0.05) is 45.2 Å². The monoisotopic (exact) mass is 386 g/mol. The van der Waals surface area contributed by atoms with Gasteiger partial charge in [0.05, 0.1) is 0 Å². The third-order valence-electron chi connectivity index (χ3n) is 3.87. The molecule has 0 atom stereocenters. The first kappa shape index (κ1) is 22.3. The molecular formula is C21H22O7. The van der Waals surface area contributed by atoms with E-state index in [1.165, 1.54) is 0 Å². The number of aliphatic carboxylic acids is 2. The first-order chi connectivity index (χ1) is 13.0. The second kappa shape index (κ2) is 9.27. The summed E-state index contributed by atoms with van der Waals surface area (Å²) in [6.45, 7) is 10.1. The van der Waals surface area contributed by atoms with Crippen LogP contribution in [0, 0.1) is 0 Å². The lowest BCUT2D eigenvalue weighted by Crippen LogP contribution is -2.17. The highest BCUT2D eigenvalue weighted by atomic mass is 16.6. The summed E-state index contributed by atoms with van der Waals surface area (Å²) >= 11 is 0. The maximum Gasteiger partial charge on any atom is 0.327 e. The topological polar surface area (TPSA) is 128 Å². The molecule has 2 aromatic carbocycles. The van der Waals surface area contributed by atoms with Crippen molar-refractivity contribution in [2.24, 2.45) is 0 Å². The molecule has 148 valence electrons. The first-order valence-electron chi connectivity index (χ1n) is 8.09. The molecule has 3 rings (SSSR count). The number of rotatable bonds is 4. The van der Waals surface area contributed by atoms with Crippen molar-refractivity contribution in [3.63, 3.8) is 0 Å². The molecule has 28 heavy (non-hydrogen) atoms. The minimum atomic E-state index is -0.981. The first-order valence-corrected chi connectivity index (χ1v) is 8.09. The van der Waals surface area contributed by atoms with E-state index < -0.39 is 11.9 Å². The Balaban J connectivity index is 0.000000329. The van der Waals surface area contributed by atoms with Gasteiger partial charge in [0.1, 0.15) is 5.75 Å². The van der Waals surface area contributed by atoms with Crippen molar-refractivity contribution in [3.05, 3.63) is 72.8 Å². The van der Waals surface area contributed by atoms with E-state index in [1.54, 1.807) is 18.2 Å². The van der Waals surface area contributed by atoms with Crippen molar-refractivity contribution < 1.29 is 34.8 Å². The molecule has 0 unspecified atom stereocenters. The zero-order chi connectivity index (χ0) is 21.5. The smallest absolute Gasteiger partial charge is 0.327 e. The molecule has 0 fully saturated rings. The minimum absolute atomic E-state index is 0.190. The molecule has 0 aromatic heterocycles. The van der Waals surface area contributed by atoms with Crippen LogP contribution in [0.4, 0.5) is 0 Å². The number of carbonyl (C=O) groups is 2. The Labute approximate surface area is 162 Å². The van der Waals surface area contributed by atoms with Gasteiger partial charge in [-0.25, -0.2) is 9.59 Å². The van der Waals surface area contributed by atoms with Crippen molar-refractivity contribution in [3.8, 4) is 23.0 Å². The third kappa shape index (κ3) is 5.91. The molecule has 0 aliphatic carbocycles. The Morgan fingerprint density at radius 1 is 0.893 bits per heavy atom. The molecular weight excluding hydrogens is 364 g/mol. The quantitative estimate of drug-likeness (QED) is 0.393. The molecule has 1 heterocycles. The van der Waals surface area contributed by atoms with Crippen LogP contribution >= 0.6 is 0 Å². The van der Waals surface area contributed by atoms with Gasteiger partial charge in [-0.05, 0) is 23.8 Å². The number of hydrogen-bond acceptors (Lipinski definition) is 5. The summed E-state index contributed by atoms with van der Waals surface area (Å²) in [7, 11) is 0. The number of carboxylic acid groups (broad SMARTS) is 2. The van der Waals surface area contributed by atoms with E-state index >= 15 is 0 Å². The Morgan fingerprint density at radius 2 is 1.36 bits per heavy atom. The number of ether oxygens (including phenoxy) is 1. The van der Waals surface area contributed by atoms with Gasteiger partial charge in [0, 0.05) is 23.1 Å². The van der Waals surface area contributed by atoms with Crippen molar-refractivity contribution in [1.82, 2.24) is 0 Å². The summed E-state index contributed by atoms with van der Waals surface area (Å²) in [5.74, 6) is -0.162. The van der Waals surface area contributed by atoms with Gasteiger partial charge >= 0.3 is 11.9 Å². The van der Waals surface area contributed by atoms with Crippen molar-refractivity contribution >= 4 is 11.9 Å². The molecule has 1 aliphatic rings. The minimum Gasteiger partial charge on any atom is -0.508 e. The number of fused-ring (bicyclic) bond motifs is 1. The van der Waals surface area contributed by atoms with Crippen LogP contribution < -0.4 is 4.74 Å². The molecule has 7 heteroatoms. The zero-order valence-electron chi connectivity index (χ0n) is 15.5. The van der Waals surface area contributed by atoms with Crippen LogP contribution in [0.15, 0.2) is 61.7 Å². The van der Waals surface area contributed by atoms with Gasteiger partial charge in [-0.15, -0.1) is 0 Å². The Bertz CT molecular complexity index is 862. The van der Waals surface area contributed by atoms with Crippen LogP contribution in [0.25, 0.3) is 0 Å². The number of phenols is 2. The lowest BCUT2D eigenvalue weighted by Gasteiger charge is -2.25. The van der Waals surface area contributed by atoms with Gasteiger partial charge in [0.2, 0.25) is 5.75 Å². The molecule has 0 saturated heterocycles. The summed E-state index contributed by atoms with van der Waals surface area (Å²) in [5, 5.41) is 34.1. The summed E-state index contributed by atoms with van der Waals surface area (Å²) < 4.78 is 5.33. The van der Waals surface area contributed by atoms with Gasteiger partial charge in [-0.2, -0.15) is 0 Å². The van der Waals surface area contributed by atoms with Crippen molar-refractivity contribution in [2.45, 2.75) is 19.3 Å². The highest BCUT2D eigenvalue weighted by Gasteiger charge is 2.36. The van der Waals surface area contributed by atoms with Gasteiger partial charge in [0.15, 0.2) is 11.5 Å². The van der Waals surface area contributed by atoms with Crippen LogP contribution in [0.2, 0.25) is 0 Å². The number of phenolic OH excluding ortho intramolecular Hbond substituents is 2. The average molecular weight is 386 g/mol. The maximum atomic E-state index is 9.51. The number of hydrogen-bond donors (Lipinski definition) is 4. The van der Waals surface area contributed by atoms with Crippen LogP contribution in [-0.4, -0.2) is 32.4 Å². The molecule has 1 aliphatic heterocycles. The molecule has 7 nitrogen and oxygen atoms in total. The maximum absolute atomic E-state index is 9.51. The highest BCUT2D eigenvalue weighted by Crippen LogP contribution is 2.57. The van der Waals surface area contributed by atoms with Crippen LogP contribution in [0.1, 0.15) is 25.0 Å². The fourth-order valence-electron chi connectivity index (χ4n) is 2.26. The summed E-state index contributed by atoms with van der Waals surface area (Å²) in [6.07, 6.45) is 1.67. The zero-order valence-corrected chi connectivity index (χ0v) is 15.5. The second-order valence-corrected chi connectivity index (χ2v) is 6.15. The molecule has 0 saturated carbocycles. The van der Waals surface area contributed by atoms with Crippen LogP contribution in [-0.2, 0) is 15.0 Å². The largest absolute Gasteiger partial charge is 0.508 e. The molecule has 0 spiro atoms. The summed E-state index contributed by atoms with van der Waals surface area (Å²) in [5.41, 5.74) is 1.90. The SMILES string of the molecule is C=CC(=O)O.C=CC(=O)O.CC(C)(c1ccc(O)cc1)c1ccc(O)c2c1O2. The highest BCUT2D eigenvalue weighted by molar-refractivity contribution is 5.79. The van der Waals surface area contributed by atoms with Gasteiger partial charge < -0.3 is 25.2 Å². The number of carboxylic acids is 2. The lowest BCUT2D eigenvalue weighted by molar-refractivity contribution is -0.132. The fourth-order valence-corrected chi connectivity index (χ4v) is 2.26. The number of benzene rings is 2. The Morgan fingerprint density at radius 3 is 1.79 bits per heavy atom. The van der Waals surface area contributed by atoms with Crippen molar-refractivity contribution in [2.75, 3.05) is 0 Å². The van der Waals surface area contributed by atoms with E-state index in [4.69, 9.17) is 14.9 Å². The average Bonchev–Trinajstić information content (AvgIpc) is 3.44. The number of aromatic hydroxyl groups is 2. The predicted octanol–water partition coefficient (Wildman–Crippen LogP) is 4.04. The summed E-state index contributed by atoms with van der Waals surface area (Å²) in [4.78, 5) is 18.5. The molecule has 4 N–H and O–H groups in total. The Hall–Kier alpha value is -3.74. The van der Waals surface area contributed by atoms with Gasteiger partial charge in [-0.3, -0.25) is 0 Å². The van der Waals surface area contributed by atoms with Crippen LogP contribution in [0.5, 0.6) is 23.0 Å². The summed E-state index contributed by atoms with van der Waals surface area (Å²) in [6, 6.07) is 10.7. The molecule has 2 aromatic rings. The van der Waals surface area contributed by atoms with E-state index in [1.807, 2.05) is 18.2 Å². The predicted molar refractivity (Wildman–Crippen MR) is 104 cm³/mol. The van der Waals surface area contributed by atoms with Crippen molar-refractivity contribution in [1.29, 1.82) is 0 Å². The van der Waals surface area contributed by atoms with E-state index in [0.29, 0.717) is 5.75 Å². The van der Waals surface area contributed by atoms with E-state index in [9.17, 15) is 19.8 Å². The normalized spacial score (nSPS) is 10.5. The third-order valence-corrected chi connectivity index (χ3v) is 3.87.